The van der Waals surface area contributed by atoms with Crippen LogP contribution < -0.4 is 14.8 Å². The molecule has 1 heterocycles. The summed E-state index contributed by atoms with van der Waals surface area (Å²) in [6, 6.07) is 5.77. The Kier molecular flexibility index (Phi) is 4.07. The average molecular weight is 264 g/mol. The summed E-state index contributed by atoms with van der Waals surface area (Å²) in [5.41, 5.74) is 0. The van der Waals surface area contributed by atoms with Crippen molar-refractivity contribution in [3.8, 4) is 17.8 Å². The second kappa shape index (κ2) is 5.94. The second-order valence-electron chi connectivity index (χ2n) is 3.51. The van der Waals surface area contributed by atoms with E-state index in [0.717, 1.165) is 0 Å². The van der Waals surface area contributed by atoms with Gasteiger partial charge in [-0.2, -0.15) is 9.97 Å². The summed E-state index contributed by atoms with van der Waals surface area (Å²) in [7, 11) is 1.45. The summed E-state index contributed by atoms with van der Waals surface area (Å²) >= 11 is 0. The first-order valence-electron chi connectivity index (χ1n) is 5.68. The summed E-state index contributed by atoms with van der Waals surface area (Å²) in [6.45, 7) is 2.57. The van der Waals surface area contributed by atoms with Crippen LogP contribution in [0.4, 0.5) is 10.3 Å². The maximum absolute atomic E-state index is 12.8. The summed E-state index contributed by atoms with van der Waals surface area (Å²) in [5, 5.41) is 2.94. The number of methoxy groups -OCH3 is 1. The Bertz CT molecular complexity index is 548. The van der Waals surface area contributed by atoms with Crippen LogP contribution in [-0.4, -0.2) is 28.6 Å². The zero-order chi connectivity index (χ0) is 13.7. The van der Waals surface area contributed by atoms with Gasteiger partial charge in [0.25, 0.3) is 0 Å². The molecule has 6 nitrogen and oxygen atoms in total. The number of ether oxygens (including phenoxy) is 2. The smallest absolute Gasteiger partial charge is 0.330 e. The molecule has 0 saturated heterocycles. The molecule has 2 aromatic rings. The zero-order valence-corrected chi connectivity index (χ0v) is 10.6. The highest BCUT2D eigenvalue weighted by atomic mass is 19.1. The lowest BCUT2D eigenvalue weighted by molar-refractivity contribution is 0.360. The highest BCUT2D eigenvalue weighted by molar-refractivity contribution is 5.30. The van der Waals surface area contributed by atoms with E-state index in [0.29, 0.717) is 18.2 Å². The van der Waals surface area contributed by atoms with Crippen LogP contribution in [-0.2, 0) is 0 Å². The van der Waals surface area contributed by atoms with E-state index >= 15 is 0 Å². The number of nitrogens with zero attached hydrogens (tertiary/aromatic N) is 3. The Morgan fingerprint density at radius 2 is 1.79 bits per heavy atom. The molecule has 1 aromatic heterocycles. The van der Waals surface area contributed by atoms with Gasteiger partial charge >= 0.3 is 12.0 Å². The molecule has 0 aliphatic carbocycles. The number of rotatable bonds is 5. The van der Waals surface area contributed by atoms with E-state index in [1.165, 1.54) is 31.4 Å². The first-order valence-corrected chi connectivity index (χ1v) is 5.68. The number of halogens is 1. The number of nitrogens with one attached hydrogen (secondary N) is 1. The molecule has 0 fully saturated rings. The Morgan fingerprint density at radius 3 is 2.42 bits per heavy atom. The second-order valence-corrected chi connectivity index (χ2v) is 3.51. The summed E-state index contributed by atoms with van der Waals surface area (Å²) in [5.74, 6) is 0.442. The van der Waals surface area contributed by atoms with Gasteiger partial charge in [0.15, 0.2) is 0 Å². The summed E-state index contributed by atoms with van der Waals surface area (Å²) < 4.78 is 23.2. The van der Waals surface area contributed by atoms with Crippen molar-refractivity contribution in [1.29, 1.82) is 0 Å². The van der Waals surface area contributed by atoms with E-state index in [4.69, 9.17) is 9.47 Å². The van der Waals surface area contributed by atoms with Crippen molar-refractivity contribution in [2.24, 2.45) is 0 Å². The minimum atomic E-state index is -0.339. The van der Waals surface area contributed by atoms with Crippen molar-refractivity contribution in [1.82, 2.24) is 15.0 Å². The maximum atomic E-state index is 12.8. The predicted octanol–water partition coefficient (Wildman–Crippen LogP) is 2.24. The van der Waals surface area contributed by atoms with Crippen LogP contribution in [0.1, 0.15) is 6.92 Å². The highest BCUT2D eigenvalue weighted by Crippen LogP contribution is 2.20. The molecule has 0 unspecified atom stereocenters. The number of hydrogen-bond donors (Lipinski definition) is 1. The molecule has 0 bridgehead atoms. The van der Waals surface area contributed by atoms with Crippen molar-refractivity contribution in [3.05, 3.63) is 30.1 Å². The third kappa shape index (κ3) is 3.51. The van der Waals surface area contributed by atoms with Gasteiger partial charge in [-0.1, -0.05) is 0 Å². The number of benzene rings is 1. The topological polar surface area (TPSA) is 69.2 Å². The third-order valence-corrected chi connectivity index (χ3v) is 2.13. The molecule has 19 heavy (non-hydrogen) atoms. The van der Waals surface area contributed by atoms with Crippen LogP contribution in [0.15, 0.2) is 24.3 Å². The van der Waals surface area contributed by atoms with Crippen molar-refractivity contribution in [2.45, 2.75) is 6.92 Å². The van der Waals surface area contributed by atoms with Crippen LogP contribution in [0.5, 0.6) is 17.8 Å². The fraction of sp³-hybridized carbons (Fsp3) is 0.250. The molecule has 0 radical (unpaired) electrons. The molecule has 1 N–H and O–H groups in total. The minimum Gasteiger partial charge on any atom is -0.467 e. The standard InChI is InChI=1S/C12H13FN4O2/c1-3-14-10-15-11(18-2)17-12(16-10)19-9-6-4-8(13)5-7-9/h4-7H,3H2,1-2H3,(H,14,15,16,17). The van der Waals surface area contributed by atoms with Gasteiger partial charge in [0.2, 0.25) is 5.95 Å². The summed E-state index contributed by atoms with van der Waals surface area (Å²) in [6.07, 6.45) is 0. The quantitative estimate of drug-likeness (QED) is 0.893. The molecule has 1 aromatic carbocycles. The Balaban J connectivity index is 2.23. The monoisotopic (exact) mass is 264 g/mol. The van der Waals surface area contributed by atoms with Crippen LogP contribution >= 0.6 is 0 Å². The van der Waals surface area contributed by atoms with Gasteiger partial charge in [-0.25, -0.2) is 4.39 Å². The van der Waals surface area contributed by atoms with Crippen molar-refractivity contribution in [3.63, 3.8) is 0 Å². The van der Waals surface area contributed by atoms with Crippen molar-refractivity contribution in [2.75, 3.05) is 19.0 Å². The average Bonchev–Trinajstić information content (AvgIpc) is 2.41. The Hall–Kier alpha value is -2.44. The third-order valence-electron chi connectivity index (χ3n) is 2.13. The largest absolute Gasteiger partial charge is 0.467 e. The molecule has 0 spiro atoms. The molecule has 0 amide bonds. The molecular formula is C12H13FN4O2. The summed E-state index contributed by atoms with van der Waals surface area (Å²) in [4.78, 5) is 12.0. The number of aromatic nitrogens is 3. The SMILES string of the molecule is CCNc1nc(OC)nc(Oc2ccc(F)cc2)n1. The zero-order valence-electron chi connectivity index (χ0n) is 10.6. The van der Waals surface area contributed by atoms with Gasteiger partial charge in [0.05, 0.1) is 7.11 Å². The lowest BCUT2D eigenvalue weighted by atomic mass is 10.3. The van der Waals surface area contributed by atoms with E-state index < -0.39 is 0 Å². The van der Waals surface area contributed by atoms with Gasteiger partial charge in [-0.15, -0.1) is 4.98 Å². The lowest BCUT2D eigenvalue weighted by Gasteiger charge is -2.07. The van der Waals surface area contributed by atoms with E-state index in [1.54, 1.807) is 0 Å². The van der Waals surface area contributed by atoms with Crippen molar-refractivity contribution < 1.29 is 13.9 Å². The van der Waals surface area contributed by atoms with Crippen LogP contribution in [0.3, 0.4) is 0 Å². The van der Waals surface area contributed by atoms with Gasteiger partial charge in [0.1, 0.15) is 11.6 Å². The minimum absolute atomic E-state index is 0.0782. The Morgan fingerprint density at radius 1 is 1.11 bits per heavy atom. The molecule has 2 rings (SSSR count). The van der Waals surface area contributed by atoms with E-state index in [-0.39, 0.29) is 17.8 Å². The highest BCUT2D eigenvalue weighted by Gasteiger charge is 2.08. The molecule has 0 saturated carbocycles. The Labute approximate surface area is 109 Å². The number of anilines is 1. The lowest BCUT2D eigenvalue weighted by Crippen LogP contribution is -2.06. The molecule has 0 atom stereocenters. The van der Waals surface area contributed by atoms with Crippen LogP contribution in [0.25, 0.3) is 0 Å². The molecule has 7 heteroatoms. The first-order chi connectivity index (χ1) is 9.21. The molecular weight excluding hydrogens is 251 g/mol. The molecule has 0 aliphatic rings. The van der Waals surface area contributed by atoms with E-state index in [2.05, 4.69) is 20.3 Å². The first kappa shape index (κ1) is 13.0. The van der Waals surface area contributed by atoms with Gasteiger partial charge in [0, 0.05) is 6.54 Å². The fourth-order valence-electron chi connectivity index (χ4n) is 1.32. The van der Waals surface area contributed by atoms with Gasteiger partial charge in [-0.3, -0.25) is 0 Å². The maximum Gasteiger partial charge on any atom is 0.330 e. The normalized spacial score (nSPS) is 10.1. The van der Waals surface area contributed by atoms with Crippen LogP contribution in [0.2, 0.25) is 0 Å². The van der Waals surface area contributed by atoms with Gasteiger partial charge < -0.3 is 14.8 Å². The van der Waals surface area contributed by atoms with Gasteiger partial charge in [-0.05, 0) is 31.2 Å². The van der Waals surface area contributed by atoms with E-state index in [9.17, 15) is 4.39 Å². The van der Waals surface area contributed by atoms with Crippen molar-refractivity contribution >= 4 is 5.95 Å². The molecule has 100 valence electrons. The van der Waals surface area contributed by atoms with Crippen LogP contribution in [0, 0.1) is 5.82 Å². The van der Waals surface area contributed by atoms with E-state index in [1.807, 2.05) is 6.92 Å². The predicted molar refractivity (Wildman–Crippen MR) is 67.0 cm³/mol. The fourth-order valence-corrected chi connectivity index (χ4v) is 1.32. The number of hydrogen-bond acceptors (Lipinski definition) is 6. The molecule has 0 aliphatic heterocycles.